The van der Waals surface area contributed by atoms with E-state index in [1.807, 2.05) is 19.9 Å². The molecule has 1 aliphatic rings. The number of ketones is 2. The predicted octanol–water partition coefficient (Wildman–Crippen LogP) is 5.01. The number of carbonyl (C=O) groups excluding carboxylic acids is 3. The van der Waals surface area contributed by atoms with Crippen molar-refractivity contribution in [2.45, 2.75) is 26.4 Å². The van der Waals surface area contributed by atoms with Crippen LogP contribution in [0, 0.1) is 0 Å². The van der Waals surface area contributed by atoms with Gasteiger partial charge in [0.05, 0.1) is 39.6 Å². The third-order valence-electron chi connectivity index (χ3n) is 5.76. The van der Waals surface area contributed by atoms with Crippen LogP contribution < -0.4 is 18.9 Å². The van der Waals surface area contributed by atoms with Crippen LogP contribution in [0.15, 0.2) is 59.7 Å². The largest absolute Gasteiger partial charge is 0.496 e. The molecule has 2 aromatic carbocycles. The van der Waals surface area contributed by atoms with Gasteiger partial charge in [-0.15, -0.1) is 0 Å². The Morgan fingerprint density at radius 2 is 1.43 bits per heavy atom. The fourth-order valence-corrected chi connectivity index (χ4v) is 3.92. The minimum absolute atomic E-state index is 0.0643. The molecule has 0 radical (unpaired) electrons. The van der Waals surface area contributed by atoms with Crippen molar-refractivity contribution in [3.05, 3.63) is 76.4 Å². The Labute approximate surface area is 216 Å². The van der Waals surface area contributed by atoms with E-state index >= 15 is 0 Å². The number of benzene rings is 2. The maximum absolute atomic E-state index is 13.6. The van der Waals surface area contributed by atoms with Gasteiger partial charge >= 0.3 is 5.97 Å². The summed E-state index contributed by atoms with van der Waals surface area (Å²) in [6.07, 6.45) is 5.09. The second-order valence-corrected chi connectivity index (χ2v) is 8.40. The zero-order valence-corrected chi connectivity index (χ0v) is 21.7. The lowest BCUT2D eigenvalue weighted by Gasteiger charge is -2.24. The SMILES string of the molecule is COc1ccc(/C=C/C(=O)O[C@H](CC=C(C)C)C2=CC(=O)c3c(OC)ccc(OC)c3C2=O)cc1OC. The van der Waals surface area contributed by atoms with Crippen molar-refractivity contribution in [2.75, 3.05) is 28.4 Å². The standard InChI is InChI=1S/C29H30O8/c1-17(2)7-10-21(37-26(31)14-9-18-8-11-22(33-3)25(15-18)36-6)19-16-20(30)27-23(34-4)12-13-24(35-5)28(27)29(19)32/h7-9,11-16,21H,10H2,1-6H3/b14-9+/t21-/m1/s1. The van der Waals surface area contributed by atoms with Gasteiger partial charge in [0.15, 0.2) is 23.1 Å². The molecule has 0 unspecified atom stereocenters. The zero-order chi connectivity index (χ0) is 27.1. The average molecular weight is 507 g/mol. The Kier molecular flexibility index (Phi) is 8.90. The van der Waals surface area contributed by atoms with Crippen LogP contribution in [0.4, 0.5) is 0 Å². The van der Waals surface area contributed by atoms with Crippen LogP contribution >= 0.6 is 0 Å². The number of allylic oxidation sites excluding steroid dienone is 2. The lowest BCUT2D eigenvalue weighted by atomic mass is 9.85. The van der Waals surface area contributed by atoms with Gasteiger partial charge in [0, 0.05) is 18.1 Å². The molecule has 0 saturated heterocycles. The number of esters is 1. The van der Waals surface area contributed by atoms with Crippen LogP contribution in [-0.2, 0) is 9.53 Å². The first-order valence-electron chi connectivity index (χ1n) is 11.5. The highest BCUT2D eigenvalue weighted by molar-refractivity contribution is 6.27. The van der Waals surface area contributed by atoms with Crippen molar-refractivity contribution in [3.8, 4) is 23.0 Å². The van der Waals surface area contributed by atoms with Crippen molar-refractivity contribution in [1.29, 1.82) is 0 Å². The molecule has 0 N–H and O–H groups in total. The molecule has 0 spiro atoms. The van der Waals surface area contributed by atoms with E-state index in [2.05, 4.69) is 0 Å². The summed E-state index contributed by atoms with van der Waals surface area (Å²) in [5.74, 6) is 0.00315. The van der Waals surface area contributed by atoms with Gasteiger partial charge in [0.1, 0.15) is 17.6 Å². The number of fused-ring (bicyclic) bond motifs is 1. The predicted molar refractivity (Wildman–Crippen MR) is 139 cm³/mol. The van der Waals surface area contributed by atoms with E-state index in [4.69, 9.17) is 23.7 Å². The molecule has 8 nitrogen and oxygen atoms in total. The Morgan fingerprint density at radius 3 is 2.03 bits per heavy atom. The van der Waals surface area contributed by atoms with Crippen LogP contribution in [0.2, 0.25) is 0 Å². The number of Topliss-reactive ketones (excluding diaryl/α,β-unsaturated/α-hetero) is 1. The van der Waals surface area contributed by atoms with E-state index in [0.717, 1.165) is 5.57 Å². The van der Waals surface area contributed by atoms with E-state index < -0.39 is 23.6 Å². The number of hydrogen-bond donors (Lipinski definition) is 0. The Bertz CT molecular complexity index is 1300. The Balaban J connectivity index is 1.93. The monoisotopic (exact) mass is 506 g/mol. The molecule has 0 bridgehead atoms. The molecule has 0 amide bonds. The minimum atomic E-state index is -0.988. The van der Waals surface area contributed by atoms with Crippen LogP contribution in [-0.4, -0.2) is 52.1 Å². The van der Waals surface area contributed by atoms with Gasteiger partial charge in [-0.1, -0.05) is 17.7 Å². The molecule has 1 aliphatic carbocycles. The third kappa shape index (κ3) is 6.09. The smallest absolute Gasteiger partial charge is 0.331 e. The maximum Gasteiger partial charge on any atom is 0.331 e. The molecule has 3 rings (SSSR count). The summed E-state index contributed by atoms with van der Waals surface area (Å²) in [5, 5.41) is 0. The summed E-state index contributed by atoms with van der Waals surface area (Å²) in [7, 11) is 5.89. The summed E-state index contributed by atoms with van der Waals surface area (Å²) in [6.45, 7) is 3.78. The number of ether oxygens (including phenoxy) is 5. The van der Waals surface area contributed by atoms with Crippen LogP contribution in [0.1, 0.15) is 46.5 Å². The first-order valence-corrected chi connectivity index (χ1v) is 11.5. The molecule has 1 atom stereocenters. The van der Waals surface area contributed by atoms with Crippen molar-refractivity contribution in [2.24, 2.45) is 0 Å². The molecule has 0 heterocycles. The summed E-state index contributed by atoms with van der Waals surface area (Å²) in [5.41, 5.74) is 1.93. The first kappa shape index (κ1) is 27.3. The molecule has 2 aromatic rings. The summed E-state index contributed by atoms with van der Waals surface area (Å²) in [6, 6.07) is 8.33. The highest BCUT2D eigenvalue weighted by Gasteiger charge is 2.36. The minimum Gasteiger partial charge on any atom is -0.496 e. The lowest BCUT2D eigenvalue weighted by Crippen LogP contribution is -2.29. The number of hydrogen-bond acceptors (Lipinski definition) is 8. The topological polar surface area (TPSA) is 97.4 Å². The zero-order valence-electron chi connectivity index (χ0n) is 21.7. The van der Waals surface area contributed by atoms with Crippen LogP contribution in [0.5, 0.6) is 23.0 Å². The summed E-state index contributed by atoms with van der Waals surface area (Å²) >= 11 is 0. The molecular weight excluding hydrogens is 476 g/mol. The molecule has 8 heteroatoms. The average Bonchev–Trinajstić information content (AvgIpc) is 2.90. The first-order chi connectivity index (χ1) is 17.7. The van der Waals surface area contributed by atoms with E-state index in [-0.39, 0.29) is 34.6 Å². The van der Waals surface area contributed by atoms with E-state index in [1.165, 1.54) is 40.6 Å². The second kappa shape index (κ2) is 12.1. The van der Waals surface area contributed by atoms with Crippen molar-refractivity contribution in [1.82, 2.24) is 0 Å². The normalized spacial score (nSPS) is 13.4. The van der Waals surface area contributed by atoms with Gasteiger partial charge < -0.3 is 23.7 Å². The molecule has 0 aromatic heterocycles. The highest BCUT2D eigenvalue weighted by Crippen LogP contribution is 2.37. The molecule has 37 heavy (non-hydrogen) atoms. The second-order valence-electron chi connectivity index (χ2n) is 8.40. The summed E-state index contributed by atoms with van der Waals surface area (Å²) in [4.78, 5) is 39.5. The van der Waals surface area contributed by atoms with Gasteiger partial charge in [-0.05, 0) is 55.8 Å². The quantitative estimate of drug-likeness (QED) is 0.252. The Hall–Kier alpha value is -4.33. The van der Waals surface area contributed by atoms with E-state index in [0.29, 0.717) is 17.1 Å². The number of methoxy groups -OCH3 is 4. The number of carbonyl (C=O) groups is 3. The number of rotatable bonds is 10. The van der Waals surface area contributed by atoms with Crippen LogP contribution in [0.25, 0.3) is 6.08 Å². The lowest BCUT2D eigenvalue weighted by molar-refractivity contribution is -0.140. The fourth-order valence-electron chi connectivity index (χ4n) is 3.92. The van der Waals surface area contributed by atoms with Crippen molar-refractivity contribution < 1.29 is 38.1 Å². The van der Waals surface area contributed by atoms with Gasteiger partial charge in [0.2, 0.25) is 0 Å². The van der Waals surface area contributed by atoms with E-state index in [1.54, 1.807) is 36.4 Å². The fraction of sp³-hybridized carbons (Fsp3) is 0.276. The molecule has 0 fully saturated rings. The maximum atomic E-state index is 13.6. The van der Waals surface area contributed by atoms with Gasteiger partial charge in [-0.25, -0.2) is 4.79 Å². The molecule has 0 saturated carbocycles. The summed E-state index contributed by atoms with van der Waals surface area (Å²) < 4.78 is 26.9. The van der Waals surface area contributed by atoms with Gasteiger partial charge in [-0.3, -0.25) is 9.59 Å². The highest BCUT2D eigenvalue weighted by atomic mass is 16.5. The van der Waals surface area contributed by atoms with Crippen molar-refractivity contribution >= 4 is 23.6 Å². The Morgan fingerprint density at radius 1 is 0.838 bits per heavy atom. The van der Waals surface area contributed by atoms with E-state index in [9.17, 15) is 14.4 Å². The van der Waals surface area contributed by atoms with Gasteiger partial charge in [0.25, 0.3) is 0 Å². The van der Waals surface area contributed by atoms with Crippen molar-refractivity contribution in [3.63, 3.8) is 0 Å². The molecular formula is C29H30O8. The third-order valence-corrected chi connectivity index (χ3v) is 5.76. The van der Waals surface area contributed by atoms with Crippen LogP contribution in [0.3, 0.4) is 0 Å². The molecule has 194 valence electrons. The molecule has 0 aliphatic heterocycles. The van der Waals surface area contributed by atoms with Gasteiger partial charge in [-0.2, -0.15) is 0 Å².